The van der Waals surface area contributed by atoms with Gasteiger partial charge in [-0.2, -0.15) is 0 Å². The topological polar surface area (TPSA) is 86.0 Å². The molecule has 5 heteroatoms. The standard InChI is InChI=1S/C11H16N4O/c1-2-15-4-3-9-7(6-15)5-8(10(12)13)11(16)14-9/h5H,2-4,6H2,1H3,(H3,12,13)(H,14,16). The van der Waals surface area contributed by atoms with Crippen LogP contribution in [-0.4, -0.2) is 28.8 Å². The molecule has 0 unspecified atom stereocenters. The van der Waals surface area contributed by atoms with E-state index in [4.69, 9.17) is 11.1 Å². The Morgan fingerprint density at radius 3 is 3.06 bits per heavy atom. The molecule has 1 aliphatic heterocycles. The maximum atomic E-state index is 11.6. The zero-order valence-corrected chi connectivity index (χ0v) is 9.34. The number of nitrogen functional groups attached to an aromatic ring is 1. The van der Waals surface area contributed by atoms with Crippen molar-refractivity contribution in [2.75, 3.05) is 13.1 Å². The number of aromatic nitrogens is 1. The molecule has 0 saturated carbocycles. The van der Waals surface area contributed by atoms with E-state index in [1.54, 1.807) is 6.07 Å². The molecule has 0 atom stereocenters. The molecule has 1 aromatic heterocycles. The second-order valence-electron chi connectivity index (χ2n) is 4.05. The number of likely N-dealkylation sites (N-methyl/N-ethyl adjacent to an activating group) is 1. The predicted octanol–water partition coefficient (Wildman–Crippen LogP) is 0.0370. The third kappa shape index (κ3) is 1.86. The highest BCUT2D eigenvalue weighted by Gasteiger charge is 2.17. The fourth-order valence-corrected chi connectivity index (χ4v) is 2.04. The van der Waals surface area contributed by atoms with Crippen LogP contribution in [0.3, 0.4) is 0 Å². The lowest BCUT2D eigenvalue weighted by atomic mass is 10.0. The lowest BCUT2D eigenvalue weighted by molar-refractivity contribution is 0.265. The van der Waals surface area contributed by atoms with Gasteiger partial charge in [0.05, 0.1) is 5.56 Å². The average molecular weight is 220 g/mol. The Kier molecular flexibility index (Phi) is 2.78. The Balaban J connectivity index is 2.44. The van der Waals surface area contributed by atoms with Gasteiger partial charge >= 0.3 is 0 Å². The molecular formula is C11H16N4O. The van der Waals surface area contributed by atoms with Gasteiger partial charge in [0.2, 0.25) is 0 Å². The summed E-state index contributed by atoms with van der Waals surface area (Å²) in [6.45, 7) is 4.90. The molecular weight excluding hydrogens is 204 g/mol. The highest BCUT2D eigenvalue weighted by atomic mass is 16.1. The lowest BCUT2D eigenvalue weighted by Gasteiger charge is -2.27. The van der Waals surface area contributed by atoms with Crippen molar-refractivity contribution in [2.24, 2.45) is 5.73 Å². The number of nitrogens with one attached hydrogen (secondary N) is 2. The molecule has 0 spiro atoms. The monoisotopic (exact) mass is 220 g/mol. The summed E-state index contributed by atoms with van der Waals surface area (Å²) in [6.07, 6.45) is 0.858. The van der Waals surface area contributed by atoms with Crippen LogP contribution in [0, 0.1) is 5.41 Å². The van der Waals surface area contributed by atoms with Crippen LogP contribution >= 0.6 is 0 Å². The summed E-state index contributed by atoms with van der Waals surface area (Å²) in [5, 5.41) is 7.33. The van der Waals surface area contributed by atoms with Crippen molar-refractivity contribution in [1.82, 2.24) is 9.88 Å². The van der Waals surface area contributed by atoms with Crippen molar-refractivity contribution in [2.45, 2.75) is 19.9 Å². The number of aromatic amines is 1. The Labute approximate surface area is 93.8 Å². The number of hydrogen-bond acceptors (Lipinski definition) is 3. The summed E-state index contributed by atoms with van der Waals surface area (Å²) in [7, 11) is 0. The van der Waals surface area contributed by atoms with Crippen LogP contribution in [-0.2, 0) is 13.0 Å². The van der Waals surface area contributed by atoms with E-state index in [2.05, 4.69) is 16.8 Å². The van der Waals surface area contributed by atoms with E-state index in [1.165, 1.54) is 0 Å². The summed E-state index contributed by atoms with van der Waals surface area (Å²) in [5.74, 6) is -0.169. The minimum atomic E-state index is -0.254. The molecule has 0 saturated heterocycles. The smallest absolute Gasteiger partial charge is 0.259 e. The third-order valence-corrected chi connectivity index (χ3v) is 3.02. The van der Waals surface area contributed by atoms with E-state index in [0.29, 0.717) is 0 Å². The van der Waals surface area contributed by atoms with E-state index in [-0.39, 0.29) is 17.0 Å². The first-order valence-corrected chi connectivity index (χ1v) is 5.43. The number of rotatable bonds is 2. The number of fused-ring (bicyclic) bond motifs is 1. The highest BCUT2D eigenvalue weighted by Crippen LogP contribution is 2.15. The minimum absolute atomic E-state index is 0.169. The summed E-state index contributed by atoms with van der Waals surface area (Å²) >= 11 is 0. The van der Waals surface area contributed by atoms with E-state index < -0.39 is 0 Å². The number of hydrogen-bond donors (Lipinski definition) is 3. The van der Waals surface area contributed by atoms with Crippen molar-refractivity contribution in [3.8, 4) is 0 Å². The van der Waals surface area contributed by atoms with Crippen LogP contribution in [0.15, 0.2) is 10.9 Å². The second-order valence-corrected chi connectivity index (χ2v) is 4.05. The molecule has 0 aromatic carbocycles. The molecule has 86 valence electrons. The van der Waals surface area contributed by atoms with Gasteiger partial charge < -0.3 is 10.7 Å². The number of pyridine rings is 1. The molecule has 1 aliphatic rings. The maximum absolute atomic E-state index is 11.6. The minimum Gasteiger partial charge on any atom is -0.384 e. The van der Waals surface area contributed by atoms with Gasteiger partial charge in [0.15, 0.2) is 0 Å². The van der Waals surface area contributed by atoms with Gasteiger partial charge in [-0.15, -0.1) is 0 Å². The summed E-state index contributed by atoms with van der Waals surface area (Å²) < 4.78 is 0. The summed E-state index contributed by atoms with van der Waals surface area (Å²) in [6, 6.07) is 1.75. The largest absolute Gasteiger partial charge is 0.384 e. The van der Waals surface area contributed by atoms with Crippen molar-refractivity contribution < 1.29 is 0 Å². The molecule has 0 fully saturated rings. The van der Waals surface area contributed by atoms with Crippen LogP contribution in [0.5, 0.6) is 0 Å². The quantitative estimate of drug-likeness (QED) is 0.486. The molecule has 5 nitrogen and oxygen atoms in total. The van der Waals surface area contributed by atoms with E-state index in [1.807, 2.05) is 0 Å². The van der Waals surface area contributed by atoms with Gasteiger partial charge in [0, 0.05) is 25.2 Å². The van der Waals surface area contributed by atoms with E-state index in [9.17, 15) is 4.79 Å². The normalized spacial score (nSPS) is 15.8. The number of H-pyrrole nitrogens is 1. The fourth-order valence-electron chi connectivity index (χ4n) is 2.04. The van der Waals surface area contributed by atoms with Gasteiger partial charge in [-0.3, -0.25) is 15.1 Å². The number of amidine groups is 1. The van der Waals surface area contributed by atoms with Crippen molar-refractivity contribution >= 4 is 5.84 Å². The van der Waals surface area contributed by atoms with Crippen LogP contribution < -0.4 is 11.3 Å². The fraction of sp³-hybridized carbons (Fsp3) is 0.455. The maximum Gasteiger partial charge on any atom is 0.259 e. The van der Waals surface area contributed by atoms with Gasteiger partial charge in [0.1, 0.15) is 5.84 Å². The SMILES string of the molecule is CCN1CCc2[nH]c(=O)c(C(=N)N)cc2C1. The van der Waals surface area contributed by atoms with Crippen molar-refractivity contribution in [1.29, 1.82) is 5.41 Å². The summed E-state index contributed by atoms with van der Waals surface area (Å²) in [5.41, 5.74) is 7.45. The number of nitrogens with two attached hydrogens (primary N) is 1. The van der Waals surface area contributed by atoms with Crippen LogP contribution in [0.1, 0.15) is 23.7 Å². The Morgan fingerprint density at radius 2 is 2.44 bits per heavy atom. The van der Waals surface area contributed by atoms with Gasteiger partial charge in [-0.25, -0.2) is 0 Å². The van der Waals surface area contributed by atoms with E-state index in [0.717, 1.165) is 37.3 Å². The third-order valence-electron chi connectivity index (χ3n) is 3.02. The average Bonchev–Trinajstić information content (AvgIpc) is 2.27. The molecule has 16 heavy (non-hydrogen) atoms. The molecule has 0 aliphatic carbocycles. The van der Waals surface area contributed by atoms with Gasteiger partial charge in [-0.1, -0.05) is 6.92 Å². The van der Waals surface area contributed by atoms with E-state index >= 15 is 0 Å². The van der Waals surface area contributed by atoms with Gasteiger partial charge in [-0.05, 0) is 18.2 Å². The molecule has 2 rings (SSSR count). The predicted molar refractivity (Wildman–Crippen MR) is 62.7 cm³/mol. The molecule has 0 radical (unpaired) electrons. The molecule has 2 heterocycles. The van der Waals surface area contributed by atoms with Crippen LogP contribution in [0.2, 0.25) is 0 Å². The highest BCUT2D eigenvalue weighted by molar-refractivity contribution is 5.94. The first-order chi connectivity index (χ1) is 7.61. The first-order valence-electron chi connectivity index (χ1n) is 5.43. The zero-order chi connectivity index (χ0) is 11.7. The lowest BCUT2D eigenvalue weighted by Crippen LogP contribution is -2.34. The Bertz CT molecular complexity index is 477. The zero-order valence-electron chi connectivity index (χ0n) is 9.34. The molecule has 0 bridgehead atoms. The van der Waals surface area contributed by atoms with Gasteiger partial charge in [0.25, 0.3) is 5.56 Å². The van der Waals surface area contributed by atoms with Crippen molar-refractivity contribution in [3.63, 3.8) is 0 Å². The Morgan fingerprint density at radius 1 is 1.69 bits per heavy atom. The first kappa shape index (κ1) is 10.9. The second kappa shape index (κ2) is 4.09. The number of nitrogens with zero attached hydrogens (tertiary/aromatic N) is 1. The molecule has 4 N–H and O–H groups in total. The summed E-state index contributed by atoms with van der Waals surface area (Å²) in [4.78, 5) is 16.7. The molecule has 0 amide bonds. The van der Waals surface area contributed by atoms with Crippen LogP contribution in [0.4, 0.5) is 0 Å². The molecule has 1 aromatic rings. The Hall–Kier alpha value is -1.62. The van der Waals surface area contributed by atoms with Crippen LogP contribution in [0.25, 0.3) is 0 Å². The van der Waals surface area contributed by atoms with Crippen molar-refractivity contribution in [3.05, 3.63) is 33.2 Å².